The summed E-state index contributed by atoms with van der Waals surface area (Å²) in [5, 5.41) is 9.34. The molecule has 0 aliphatic carbocycles. The van der Waals surface area contributed by atoms with Crippen molar-refractivity contribution >= 4 is 11.8 Å². The van der Waals surface area contributed by atoms with Crippen LogP contribution in [0.25, 0.3) is 0 Å². The standard InChI is InChI=1S/C8H18O2S/c1-10-6-3-4-8(9)5-7-11-2/h8-9H,3-7H2,1-2H3. The molecule has 1 N–H and O–H groups in total. The first-order valence-electron chi connectivity index (χ1n) is 3.97. The quantitative estimate of drug-likeness (QED) is 0.599. The lowest BCUT2D eigenvalue weighted by Gasteiger charge is -2.08. The summed E-state index contributed by atoms with van der Waals surface area (Å²) >= 11 is 1.78. The summed E-state index contributed by atoms with van der Waals surface area (Å²) in [6, 6.07) is 0. The molecule has 0 rings (SSSR count). The van der Waals surface area contributed by atoms with E-state index in [1.807, 2.05) is 0 Å². The molecule has 0 saturated carbocycles. The fourth-order valence-corrected chi connectivity index (χ4v) is 1.37. The summed E-state index contributed by atoms with van der Waals surface area (Å²) < 4.78 is 4.88. The lowest BCUT2D eigenvalue weighted by molar-refractivity contribution is 0.133. The van der Waals surface area contributed by atoms with Crippen molar-refractivity contribution < 1.29 is 9.84 Å². The largest absolute Gasteiger partial charge is 0.393 e. The van der Waals surface area contributed by atoms with E-state index in [1.54, 1.807) is 18.9 Å². The van der Waals surface area contributed by atoms with Crippen molar-refractivity contribution in [3.05, 3.63) is 0 Å². The lowest BCUT2D eigenvalue weighted by Crippen LogP contribution is -2.08. The molecule has 3 heteroatoms. The maximum absolute atomic E-state index is 9.34. The third-order valence-corrected chi connectivity index (χ3v) is 2.18. The molecule has 0 aromatic rings. The van der Waals surface area contributed by atoms with Crippen molar-refractivity contribution in [2.24, 2.45) is 0 Å². The molecular formula is C8H18O2S. The van der Waals surface area contributed by atoms with Gasteiger partial charge in [-0.05, 0) is 31.3 Å². The Hall–Kier alpha value is 0.270. The average Bonchev–Trinajstić information content (AvgIpc) is 2.01. The van der Waals surface area contributed by atoms with E-state index in [2.05, 4.69) is 6.26 Å². The average molecular weight is 178 g/mol. The summed E-state index contributed by atoms with van der Waals surface area (Å²) in [6.45, 7) is 0.760. The van der Waals surface area contributed by atoms with Gasteiger partial charge in [-0.25, -0.2) is 0 Å². The Morgan fingerprint density at radius 2 is 2.18 bits per heavy atom. The Bertz CT molecular complexity index is 78.5. The highest BCUT2D eigenvalue weighted by atomic mass is 32.2. The van der Waals surface area contributed by atoms with Crippen molar-refractivity contribution in [3.63, 3.8) is 0 Å². The molecule has 0 saturated heterocycles. The fraction of sp³-hybridized carbons (Fsp3) is 1.00. The molecule has 1 unspecified atom stereocenters. The molecule has 68 valence electrons. The van der Waals surface area contributed by atoms with Crippen LogP contribution >= 0.6 is 11.8 Å². The zero-order chi connectivity index (χ0) is 8.53. The van der Waals surface area contributed by atoms with Gasteiger partial charge < -0.3 is 9.84 Å². The van der Waals surface area contributed by atoms with E-state index in [0.29, 0.717) is 0 Å². The van der Waals surface area contributed by atoms with Gasteiger partial charge in [0, 0.05) is 13.7 Å². The van der Waals surface area contributed by atoms with E-state index in [1.165, 1.54) is 0 Å². The van der Waals surface area contributed by atoms with E-state index in [0.717, 1.165) is 31.6 Å². The highest BCUT2D eigenvalue weighted by molar-refractivity contribution is 7.98. The number of methoxy groups -OCH3 is 1. The minimum absolute atomic E-state index is 0.127. The van der Waals surface area contributed by atoms with Crippen molar-refractivity contribution in [1.29, 1.82) is 0 Å². The number of ether oxygens (including phenoxy) is 1. The highest BCUT2D eigenvalue weighted by Gasteiger charge is 2.01. The molecule has 0 amide bonds. The zero-order valence-corrected chi connectivity index (χ0v) is 8.19. The van der Waals surface area contributed by atoms with Crippen LogP contribution in [0.5, 0.6) is 0 Å². The number of hydrogen-bond donors (Lipinski definition) is 1. The zero-order valence-electron chi connectivity index (χ0n) is 7.38. The van der Waals surface area contributed by atoms with Crippen LogP contribution < -0.4 is 0 Å². The normalized spacial score (nSPS) is 13.4. The molecule has 0 heterocycles. The van der Waals surface area contributed by atoms with Gasteiger partial charge in [-0.1, -0.05) is 0 Å². The predicted molar refractivity (Wildman–Crippen MR) is 50.1 cm³/mol. The molecule has 0 fully saturated rings. The molecule has 1 atom stereocenters. The van der Waals surface area contributed by atoms with Gasteiger partial charge >= 0.3 is 0 Å². The van der Waals surface area contributed by atoms with Gasteiger partial charge in [0.15, 0.2) is 0 Å². The summed E-state index contributed by atoms with van der Waals surface area (Å²) in [6.07, 6.45) is 4.67. The lowest BCUT2D eigenvalue weighted by atomic mass is 10.1. The molecule has 11 heavy (non-hydrogen) atoms. The Kier molecular flexibility index (Phi) is 8.57. The molecule has 0 aliphatic rings. The third kappa shape index (κ3) is 8.17. The van der Waals surface area contributed by atoms with Gasteiger partial charge in [-0.3, -0.25) is 0 Å². The molecule has 0 aromatic heterocycles. The minimum atomic E-state index is -0.127. The summed E-state index contributed by atoms with van der Waals surface area (Å²) in [7, 11) is 1.69. The van der Waals surface area contributed by atoms with Crippen LogP contribution in [0.2, 0.25) is 0 Å². The van der Waals surface area contributed by atoms with Crippen LogP contribution in [0.15, 0.2) is 0 Å². The molecule has 2 nitrogen and oxygen atoms in total. The van der Waals surface area contributed by atoms with E-state index in [9.17, 15) is 5.11 Å². The van der Waals surface area contributed by atoms with Crippen molar-refractivity contribution in [1.82, 2.24) is 0 Å². The molecule has 0 aromatic carbocycles. The van der Waals surface area contributed by atoms with Gasteiger partial charge in [0.05, 0.1) is 6.10 Å². The van der Waals surface area contributed by atoms with Crippen LogP contribution in [0.4, 0.5) is 0 Å². The van der Waals surface area contributed by atoms with Crippen LogP contribution in [0.3, 0.4) is 0 Å². The predicted octanol–water partition coefficient (Wildman–Crippen LogP) is 1.53. The van der Waals surface area contributed by atoms with Crippen molar-refractivity contribution in [3.8, 4) is 0 Å². The number of rotatable bonds is 7. The summed E-state index contributed by atoms with van der Waals surface area (Å²) in [5.41, 5.74) is 0. The maximum atomic E-state index is 9.34. The monoisotopic (exact) mass is 178 g/mol. The van der Waals surface area contributed by atoms with Crippen LogP contribution in [-0.4, -0.2) is 36.9 Å². The Morgan fingerprint density at radius 3 is 2.73 bits per heavy atom. The number of hydrogen-bond acceptors (Lipinski definition) is 3. The van der Waals surface area contributed by atoms with E-state index < -0.39 is 0 Å². The second kappa shape index (κ2) is 8.37. The smallest absolute Gasteiger partial charge is 0.0549 e. The number of thioether (sulfide) groups is 1. The second-order valence-corrected chi connectivity index (χ2v) is 3.56. The number of aliphatic hydroxyl groups is 1. The first-order valence-corrected chi connectivity index (χ1v) is 5.36. The Labute approximate surface area is 73.3 Å². The Morgan fingerprint density at radius 1 is 1.45 bits per heavy atom. The molecular weight excluding hydrogens is 160 g/mol. The van der Waals surface area contributed by atoms with E-state index >= 15 is 0 Å². The first-order chi connectivity index (χ1) is 5.31. The van der Waals surface area contributed by atoms with Gasteiger partial charge in [-0.15, -0.1) is 0 Å². The van der Waals surface area contributed by atoms with E-state index in [4.69, 9.17) is 4.74 Å². The van der Waals surface area contributed by atoms with Crippen molar-refractivity contribution in [2.75, 3.05) is 25.7 Å². The van der Waals surface area contributed by atoms with Crippen molar-refractivity contribution in [2.45, 2.75) is 25.4 Å². The minimum Gasteiger partial charge on any atom is -0.393 e. The Balaban J connectivity index is 3.02. The van der Waals surface area contributed by atoms with Gasteiger partial charge in [0.2, 0.25) is 0 Å². The SMILES string of the molecule is COCCCC(O)CCSC. The molecule has 0 aliphatic heterocycles. The van der Waals surface area contributed by atoms with E-state index in [-0.39, 0.29) is 6.10 Å². The second-order valence-electron chi connectivity index (χ2n) is 2.57. The van der Waals surface area contributed by atoms with Gasteiger partial charge in [0.1, 0.15) is 0 Å². The summed E-state index contributed by atoms with van der Waals surface area (Å²) in [5.74, 6) is 1.05. The number of aliphatic hydroxyl groups excluding tert-OH is 1. The highest BCUT2D eigenvalue weighted by Crippen LogP contribution is 2.05. The fourth-order valence-electron chi connectivity index (χ4n) is 0.862. The van der Waals surface area contributed by atoms with Crippen LogP contribution in [0.1, 0.15) is 19.3 Å². The van der Waals surface area contributed by atoms with Gasteiger partial charge in [0.25, 0.3) is 0 Å². The first kappa shape index (κ1) is 11.3. The molecule has 0 radical (unpaired) electrons. The van der Waals surface area contributed by atoms with Crippen LogP contribution in [0, 0.1) is 0 Å². The molecule has 0 spiro atoms. The van der Waals surface area contributed by atoms with Crippen LogP contribution in [-0.2, 0) is 4.74 Å². The molecule has 0 bridgehead atoms. The summed E-state index contributed by atoms with van der Waals surface area (Å²) in [4.78, 5) is 0. The van der Waals surface area contributed by atoms with Gasteiger partial charge in [-0.2, -0.15) is 11.8 Å². The topological polar surface area (TPSA) is 29.5 Å². The maximum Gasteiger partial charge on any atom is 0.0549 e. The third-order valence-electron chi connectivity index (χ3n) is 1.54.